The molecule has 0 aliphatic rings. The van der Waals surface area contributed by atoms with E-state index in [2.05, 4.69) is 4.98 Å². The number of para-hydroxylation sites is 1. The van der Waals surface area contributed by atoms with Crippen LogP contribution < -0.4 is 10.3 Å². The quantitative estimate of drug-likeness (QED) is 0.816. The molecule has 0 bridgehead atoms. The number of nitriles is 1. The number of rotatable bonds is 6. The molecule has 0 unspecified atom stereocenters. The third kappa shape index (κ3) is 4.27. The van der Waals surface area contributed by atoms with Crippen LogP contribution >= 0.6 is 0 Å². The van der Waals surface area contributed by atoms with Gasteiger partial charge in [0.25, 0.3) is 5.56 Å². The standard InChI is InChI=1S/C19H20N2O4/c1-12-15(13(2)21-19(23)16(12)10-20)8-9-18(22)25-11-14-6-4-5-7-17(14)24-3/h4-7H,8-9,11H2,1-3H3,(H,21,23). The molecule has 0 aliphatic heterocycles. The predicted molar refractivity (Wildman–Crippen MR) is 92.4 cm³/mol. The molecular formula is C19H20N2O4. The number of carbonyl (C=O) groups is 1. The molecule has 0 saturated carbocycles. The van der Waals surface area contributed by atoms with Crippen molar-refractivity contribution in [1.29, 1.82) is 5.26 Å². The van der Waals surface area contributed by atoms with Crippen molar-refractivity contribution in [1.82, 2.24) is 4.98 Å². The summed E-state index contributed by atoms with van der Waals surface area (Å²) in [5.74, 6) is 0.315. The number of aromatic nitrogens is 1. The number of ether oxygens (including phenoxy) is 2. The number of hydrogen-bond acceptors (Lipinski definition) is 5. The van der Waals surface area contributed by atoms with Gasteiger partial charge in [-0.3, -0.25) is 9.59 Å². The third-order valence-corrected chi connectivity index (χ3v) is 4.08. The summed E-state index contributed by atoms with van der Waals surface area (Å²) in [7, 11) is 1.56. The number of esters is 1. The van der Waals surface area contributed by atoms with Gasteiger partial charge in [0.05, 0.1) is 7.11 Å². The minimum absolute atomic E-state index is 0.0861. The summed E-state index contributed by atoms with van der Waals surface area (Å²) in [6, 6.07) is 9.24. The maximum atomic E-state index is 12.0. The lowest BCUT2D eigenvalue weighted by Crippen LogP contribution is -2.17. The monoisotopic (exact) mass is 340 g/mol. The second-order valence-corrected chi connectivity index (χ2v) is 5.64. The van der Waals surface area contributed by atoms with E-state index in [1.807, 2.05) is 24.3 Å². The second kappa shape index (κ2) is 8.15. The molecule has 1 aromatic heterocycles. The molecule has 0 fully saturated rings. The van der Waals surface area contributed by atoms with Crippen LogP contribution in [-0.4, -0.2) is 18.1 Å². The molecular weight excluding hydrogens is 320 g/mol. The van der Waals surface area contributed by atoms with Gasteiger partial charge in [0.1, 0.15) is 24.0 Å². The summed E-state index contributed by atoms with van der Waals surface area (Å²) in [6.07, 6.45) is 0.557. The Morgan fingerprint density at radius 1 is 1.28 bits per heavy atom. The normalized spacial score (nSPS) is 10.2. The zero-order valence-electron chi connectivity index (χ0n) is 14.5. The summed E-state index contributed by atoms with van der Waals surface area (Å²) in [5, 5.41) is 9.08. The highest BCUT2D eigenvalue weighted by Gasteiger charge is 2.14. The van der Waals surface area contributed by atoms with Gasteiger partial charge >= 0.3 is 5.97 Å². The second-order valence-electron chi connectivity index (χ2n) is 5.64. The Morgan fingerprint density at radius 2 is 2.00 bits per heavy atom. The van der Waals surface area contributed by atoms with E-state index in [1.54, 1.807) is 27.0 Å². The molecule has 130 valence electrons. The fraction of sp³-hybridized carbons (Fsp3) is 0.316. The zero-order chi connectivity index (χ0) is 18.4. The Hall–Kier alpha value is -3.07. The number of methoxy groups -OCH3 is 1. The molecule has 2 aromatic rings. The van der Waals surface area contributed by atoms with Crippen LogP contribution in [0.25, 0.3) is 0 Å². The molecule has 6 heteroatoms. The molecule has 2 rings (SSSR count). The van der Waals surface area contributed by atoms with E-state index >= 15 is 0 Å². The van der Waals surface area contributed by atoms with Gasteiger partial charge in [0.15, 0.2) is 0 Å². The van der Waals surface area contributed by atoms with Gasteiger partial charge in [-0.1, -0.05) is 18.2 Å². The average Bonchev–Trinajstić information content (AvgIpc) is 2.60. The molecule has 1 heterocycles. The molecule has 25 heavy (non-hydrogen) atoms. The van der Waals surface area contributed by atoms with Crippen LogP contribution in [0.4, 0.5) is 0 Å². The molecule has 1 aromatic carbocycles. The molecule has 0 radical (unpaired) electrons. The Kier molecular flexibility index (Phi) is 5.96. The van der Waals surface area contributed by atoms with Gasteiger partial charge in [-0.25, -0.2) is 0 Å². The molecule has 0 amide bonds. The molecule has 0 aliphatic carbocycles. The van der Waals surface area contributed by atoms with E-state index in [0.717, 1.165) is 11.1 Å². The summed E-state index contributed by atoms with van der Waals surface area (Å²) < 4.78 is 10.5. The van der Waals surface area contributed by atoms with Gasteiger partial charge in [-0.2, -0.15) is 5.26 Å². The third-order valence-electron chi connectivity index (χ3n) is 4.08. The number of hydrogen-bond donors (Lipinski definition) is 1. The van der Waals surface area contributed by atoms with E-state index in [9.17, 15) is 9.59 Å². The van der Waals surface area contributed by atoms with Gasteiger partial charge in [0, 0.05) is 17.7 Å². The van der Waals surface area contributed by atoms with Crippen LogP contribution in [0, 0.1) is 25.2 Å². The van der Waals surface area contributed by atoms with E-state index in [4.69, 9.17) is 14.7 Å². The van der Waals surface area contributed by atoms with Crippen molar-refractivity contribution in [3.63, 3.8) is 0 Å². The maximum absolute atomic E-state index is 12.0. The number of H-pyrrole nitrogens is 1. The minimum atomic E-state index is -0.403. The predicted octanol–water partition coefficient (Wildman–Crippen LogP) is 2.55. The molecule has 0 atom stereocenters. The van der Waals surface area contributed by atoms with Crippen LogP contribution in [0.2, 0.25) is 0 Å². The van der Waals surface area contributed by atoms with E-state index in [0.29, 0.717) is 23.4 Å². The minimum Gasteiger partial charge on any atom is -0.496 e. The Morgan fingerprint density at radius 3 is 2.68 bits per heavy atom. The molecule has 0 saturated heterocycles. The van der Waals surface area contributed by atoms with Crippen molar-refractivity contribution in [3.05, 3.63) is 62.6 Å². The van der Waals surface area contributed by atoms with Crippen molar-refractivity contribution in [2.24, 2.45) is 0 Å². The van der Waals surface area contributed by atoms with E-state index in [-0.39, 0.29) is 24.6 Å². The SMILES string of the molecule is COc1ccccc1COC(=O)CCc1c(C)[nH]c(=O)c(C#N)c1C. The maximum Gasteiger partial charge on any atom is 0.306 e. The van der Waals surface area contributed by atoms with Crippen molar-refractivity contribution < 1.29 is 14.3 Å². The van der Waals surface area contributed by atoms with E-state index < -0.39 is 5.56 Å². The number of pyridine rings is 1. The van der Waals surface area contributed by atoms with Gasteiger partial charge in [0.2, 0.25) is 0 Å². The fourth-order valence-corrected chi connectivity index (χ4v) is 2.70. The summed E-state index contributed by atoms with van der Waals surface area (Å²) in [6.45, 7) is 3.61. The Labute approximate surface area is 146 Å². The first-order valence-electron chi connectivity index (χ1n) is 7.88. The number of benzene rings is 1. The lowest BCUT2D eigenvalue weighted by atomic mass is 9.99. The van der Waals surface area contributed by atoms with Crippen LogP contribution in [-0.2, 0) is 22.6 Å². The highest BCUT2D eigenvalue weighted by molar-refractivity contribution is 5.70. The smallest absolute Gasteiger partial charge is 0.306 e. The summed E-state index contributed by atoms with van der Waals surface area (Å²) in [4.78, 5) is 26.4. The topological polar surface area (TPSA) is 92.2 Å². The molecule has 0 spiro atoms. The summed E-state index contributed by atoms with van der Waals surface area (Å²) >= 11 is 0. The van der Waals surface area contributed by atoms with Gasteiger partial charge in [-0.15, -0.1) is 0 Å². The Bertz CT molecular complexity index is 878. The van der Waals surface area contributed by atoms with Crippen molar-refractivity contribution in [2.45, 2.75) is 33.3 Å². The average molecular weight is 340 g/mol. The van der Waals surface area contributed by atoms with Crippen molar-refractivity contribution in [3.8, 4) is 11.8 Å². The highest BCUT2D eigenvalue weighted by Crippen LogP contribution is 2.19. The molecule has 1 N–H and O–H groups in total. The zero-order valence-corrected chi connectivity index (χ0v) is 14.5. The number of nitrogens with one attached hydrogen (secondary N) is 1. The van der Waals surface area contributed by atoms with Crippen molar-refractivity contribution >= 4 is 5.97 Å². The van der Waals surface area contributed by atoms with Crippen LogP contribution in [0.5, 0.6) is 5.75 Å². The number of aryl methyl sites for hydroxylation is 1. The number of nitrogens with zero attached hydrogens (tertiary/aromatic N) is 1. The first-order chi connectivity index (χ1) is 12.0. The van der Waals surface area contributed by atoms with Crippen LogP contribution in [0.15, 0.2) is 29.1 Å². The Balaban J connectivity index is 2.01. The van der Waals surface area contributed by atoms with Crippen LogP contribution in [0.1, 0.15) is 34.4 Å². The highest BCUT2D eigenvalue weighted by atomic mass is 16.5. The van der Waals surface area contributed by atoms with Gasteiger partial charge in [-0.05, 0) is 37.5 Å². The van der Waals surface area contributed by atoms with Crippen molar-refractivity contribution in [2.75, 3.05) is 7.11 Å². The van der Waals surface area contributed by atoms with Crippen LogP contribution in [0.3, 0.4) is 0 Å². The largest absolute Gasteiger partial charge is 0.496 e. The first kappa shape index (κ1) is 18.3. The first-order valence-corrected chi connectivity index (χ1v) is 7.88. The molecule has 6 nitrogen and oxygen atoms in total. The lowest BCUT2D eigenvalue weighted by Gasteiger charge is -2.11. The lowest BCUT2D eigenvalue weighted by molar-refractivity contribution is -0.144. The fourth-order valence-electron chi connectivity index (χ4n) is 2.70. The van der Waals surface area contributed by atoms with E-state index in [1.165, 1.54) is 0 Å². The van der Waals surface area contributed by atoms with Gasteiger partial charge < -0.3 is 14.5 Å². The number of aromatic amines is 1. The summed E-state index contributed by atoms with van der Waals surface area (Å²) in [5.41, 5.74) is 2.55. The number of carbonyl (C=O) groups excluding carboxylic acids is 1.